The van der Waals surface area contributed by atoms with Crippen molar-refractivity contribution in [3.63, 3.8) is 0 Å². The first kappa shape index (κ1) is 18.1. The summed E-state index contributed by atoms with van der Waals surface area (Å²) >= 11 is 0. The molecular formula is C21H19N3O3. The van der Waals surface area contributed by atoms with E-state index in [1.807, 2.05) is 65.7 Å². The minimum Gasteiger partial charge on any atom is -0.507 e. The van der Waals surface area contributed by atoms with Crippen LogP contribution in [-0.4, -0.2) is 21.3 Å². The molecule has 136 valence electrons. The fraction of sp³-hybridized carbons (Fsp3) is 0.0952. The highest BCUT2D eigenvalue weighted by molar-refractivity contribution is 5.84. The Morgan fingerprint density at radius 2 is 1.48 bits per heavy atom. The molecule has 0 unspecified atom stereocenters. The van der Waals surface area contributed by atoms with E-state index in [0.717, 1.165) is 11.1 Å². The van der Waals surface area contributed by atoms with Gasteiger partial charge in [0.05, 0.1) is 24.2 Å². The SMILES string of the molecule is O=[N+]([O-])c1ccc(O)c(/C=N\N(Cc2ccccc2)Cc2ccccc2)c1. The van der Waals surface area contributed by atoms with Crippen LogP contribution in [0.3, 0.4) is 0 Å². The van der Waals surface area contributed by atoms with Gasteiger partial charge in [0.1, 0.15) is 5.75 Å². The molecule has 1 N–H and O–H groups in total. The van der Waals surface area contributed by atoms with Gasteiger partial charge < -0.3 is 5.11 Å². The fourth-order valence-corrected chi connectivity index (χ4v) is 2.63. The summed E-state index contributed by atoms with van der Waals surface area (Å²) in [5, 5.41) is 27.3. The van der Waals surface area contributed by atoms with Crippen LogP contribution < -0.4 is 0 Å². The monoisotopic (exact) mass is 361 g/mol. The second kappa shape index (κ2) is 8.62. The molecule has 0 atom stereocenters. The molecule has 0 aliphatic carbocycles. The van der Waals surface area contributed by atoms with Crippen LogP contribution in [-0.2, 0) is 13.1 Å². The molecule has 3 aromatic rings. The lowest BCUT2D eigenvalue weighted by Gasteiger charge is -2.19. The van der Waals surface area contributed by atoms with Crippen LogP contribution >= 0.6 is 0 Å². The molecule has 0 amide bonds. The van der Waals surface area contributed by atoms with Gasteiger partial charge in [-0.2, -0.15) is 5.10 Å². The highest BCUT2D eigenvalue weighted by Gasteiger charge is 2.10. The number of nitro groups is 1. The molecule has 0 heterocycles. The topological polar surface area (TPSA) is 79.0 Å². The minimum atomic E-state index is -0.498. The lowest BCUT2D eigenvalue weighted by atomic mass is 10.2. The van der Waals surface area contributed by atoms with E-state index in [-0.39, 0.29) is 11.4 Å². The van der Waals surface area contributed by atoms with E-state index in [9.17, 15) is 15.2 Å². The van der Waals surface area contributed by atoms with Crippen LogP contribution in [0.1, 0.15) is 16.7 Å². The predicted octanol–water partition coefficient (Wildman–Crippen LogP) is 4.34. The standard InChI is InChI=1S/C21H19N3O3/c25-21-12-11-20(24(26)27)13-19(21)14-22-23(15-17-7-3-1-4-8-17)16-18-9-5-2-6-10-18/h1-14,25H,15-16H2/b22-14-. The highest BCUT2D eigenvalue weighted by atomic mass is 16.6. The number of rotatable bonds is 7. The zero-order chi connectivity index (χ0) is 19.1. The van der Waals surface area contributed by atoms with E-state index in [1.54, 1.807) is 0 Å². The van der Waals surface area contributed by atoms with Gasteiger partial charge in [0.15, 0.2) is 0 Å². The van der Waals surface area contributed by atoms with Crippen molar-refractivity contribution in [3.05, 3.63) is 106 Å². The summed E-state index contributed by atoms with van der Waals surface area (Å²) in [6.45, 7) is 1.14. The third-order valence-electron chi connectivity index (χ3n) is 4.00. The number of nitrogens with zero attached hydrogens (tertiary/aromatic N) is 3. The van der Waals surface area contributed by atoms with Crippen molar-refractivity contribution < 1.29 is 10.0 Å². The van der Waals surface area contributed by atoms with Gasteiger partial charge in [0, 0.05) is 17.7 Å². The summed E-state index contributed by atoms with van der Waals surface area (Å²) in [4.78, 5) is 10.5. The number of hydrogen-bond donors (Lipinski definition) is 1. The van der Waals surface area contributed by atoms with Gasteiger partial charge in [-0.3, -0.25) is 15.1 Å². The van der Waals surface area contributed by atoms with Crippen molar-refractivity contribution in [2.24, 2.45) is 5.10 Å². The number of aromatic hydroxyl groups is 1. The van der Waals surface area contributed by atoms with Crippen LogP contribution in [0.4, 0.5) is 5.69 Å². The molecule has 0 aromatic heterocycles. The lowest BCUT2D eigenvalue weighted by molar-refractivity contribution is -0.384. The molecule has 0 bridgehead atoms. The predicted molar refractivity (Wildman–Crippen MR) is 104 cm³/mol. The molecule has 0 fully saturated rings. The first-order valence-electron chi connectivity index (χ1n) is 8.46. The van der Waals surface area contributed by atoms with Gasteiger partial charge >= 0.3 is 0 Å². The van der Waals surface area contributed by atoms with Gasteiger partial charge in [-0.15, -0.1) is 0 Å². The Kier molecular flexibility index (Phi) is 5.79. The number of phenols is 1. The Morgan fingerprint density at radius 1 is 0.926 bits per heavy atom. The molecule has 0 aliphatic heterocycles. The molecule has 6 heteroatoms. The average Bonchev–Trinajstić information content (AvgIpc) is 2.68. The molecular weight excluding hydrogens is 342 g/mol. The Balaban J connectivity index is 1.85. The summed E-state index contributed by atoms with van der Waals surface area (Å²) in [5.74, 6) is -0.0521. The molecule has 0 radical (unpaired) electrons. The first-order valence-corrected chi connectivity index (χ1v) is 8.46. The summed E-state index contributed by atoms with van der Waals surface area (Å²) < 4.78 is 0. The molecule has 0 saturated heterocycles. The normalized spacial score (nSPS) is 10.8. The summed E-state index contributed by atoms with van der Waals surface area (Å²) in [5.41, 5.74) is 2.39. The van der Waals surface area contributed by atoms with Gasteiger partial charge in [-0.25, -0.2) is 0 Å². The molecule has 3 aromatic carbocycles. The number of nitro benzene ring substituents is 1. The maximum atomic E-state index is 11.0. The van der Waals surface area contributed by atoms with E-state index < -0.39 is 4.92 Å². The average molecular weight is 361 g/mol. The van der Waals surface area contributed by atoms with E-state index in [0.29, 0.717) is 18.7 Å². The number of benzene rings is 3. The van der Waals surface area contributed by atoms with Crippen molar-refractivity contribution in [1.29, 1.82) is 0 Å². The molecule has 0 saturated carbocycles. The molecule has 0 aliphatic rings. The van der Waals surface area contributed by atoms with Crippen molar-refractivity contribution in [3.8, 4) is 5.75 Å². The van der Waals surface area contributed by atoms with Gasteiger partial charge in [0.25, 0.3) is 5.69 Å². The number of non-ortho nitro benzene ring substituents is 1. The number of hydrogen-bond acceptors (Lipinski definition) is 5. The van der Waals surface area contributed by atoms with E-state index in [2.05, 4.69) is 5.10 Å². The number of phenolic OH excluding ortho intramolecular Hbond substituents is 1. The van der Waals surface area contributed by atoms with E-state index >= 15 is 0 Å². The Bertz CT molecular complexity index is 886. The van der Waals surface area contributed by atoms with Crippen molar-refractivity contribution in [2.45, 2.75) is 13.1 Å². The summed E-state index contributed by atoms with van der Waals surface area (Å²) in [6, 6.07) is 23.7. The smallest absolute Gasteiger partial charge is 0.270 e. The third kappa shape index (κ3) is 5.15. The van der Waals surface area contributed by atoms with Gasteiger partial charge in [0.2, 0.25) is 0 Å². The molecule has 27 heavy (non-hydrogen) atoms. The van der Waals surface area contributed by atoms with Crippen LogP contribution in [0.5, 0.6) is 5.75 Å². The van der Waals surface area contributed by atoms with Crippen molar-refractivity contribution in [2.75, 3.05) is 0 Å². The van der Waals surface area contributed by atoms with Crippen LogP contribution in [0.2, 0.25) is 0 Å². The summed E-state index contributed by atoms with van der Waals surface area (Å²) in [6.07, 6.45) is 1.45. The van der Waals surface area contributed by atoms with Crippen LogP contribution in [0, 0.1) is 10.1 Å². The Morgan fingerprint density at radius 3 is 2.00 bits per heavy atom. The molecule has 0 spiro atoms. The maximum absolute atomic E-state index is 11.0. The Hall–Kier alpha value is -3.67. The fourth-order valence-electron chi connectivity index (χ4n) is 2.63. The van der Waals surface area contributed by atoms with Gasteiger partial charge in [-0.05, 0) is 17.2 Å². The second-order valence-electron chi connectivity index (χ2n) is 6.04. The first-order chi connectivity index (χ1) is 13.1. The quantitative estimate of drug-likeness (QED) is 0.386. The third-order valence-corrected chi connectivity index (χ3v) is 4.00. The zero-order valence-corrected chi connectivity index (χ0v) is 14.6. The second-order valence-corrected chi connectivity index (χ2v) is 6.04. The molecule has 3 rings (SSSR count). The largest absolute Gasteiger partial charge is 0.507 e. The van der Waals surface area contributed by atoms with E-state index in [4.69, 9.17) is 0 Å². The Labute approximate surface area is 157 Å². The number of hydrazone groups is 1. The highest BCUT2D eigenvalue weighted by Crippen LogP contribution is 2.21. The zero-order valence-electron chi connectivity index (χ0n) is 14.6. The lowest BCUT2D eigenvalue weighted by Crippen LogP contribution is -2.17. The van der Waals surface area contributed by atoms with E-state index in [1.165, 1.54) is 24.4 Å². The summed E-state index contributed by atoms with van der Waals surface area (Å²) in [7, 11) is 0. The maximum Gasteiger partial charge on any atom is 0.270 e. The van der Waals surface area contributed by atoms with Crippen LogP contribution in [0.15, 0.2) is 84.0 Å². The molecule has 6 nitrogen and oxygen atoms in total. The van der Waals surface area contributed by atoms with Crippen molar-refractivity contribution >= 4 is 11.9 Å². The minimum absolute atomic E-state index is 0.0521. The van der Waals surface area contributed by atoms with Crippen molar-refractivity contribution in [1.82, 2.24) is 5.01 Å². The van der Waals surface area contributed by atoms with Crippen LogP contribution in [0.25, 0.3) is 0 Å². The van der Waals surface area contributed by atoms with Gasteiger partial charge in [-0.1, -0.05) is 60.7 Å².